The van der Waals surface area contributed by atoms with E-state index >= 15 is 0 Å². The number of urea groups is 1. The quantitative estimate of drug-likeness (QED) is 0.642. The summed E-state index contributed by atoms with van der Waals surface area (Å²) in [5, 5.41) is -0.0238. The maximum Gasteiger partial charge on any atom is 0.361 e. The summed E-state index contributed by atoms with van der Waals surface area (Å²) >= 11 is 0. The van der Waals surface area contributed by atoms with Gasteiger partial charge in [0.05, 0.1) is 0 Å². The van der Waals surface area contributed by atoms with Gasteiger partial charge in [0.1, 0.15) is 11.9 Å². The number of benzene rings is 1. The number of carbonyl (C=O) groups is 2. The van der Waals surface area contributed by atoms with E-state index in [1.54, 1.807) is 36.4 Å². The van der Waals surface area contributed by atoms with Crippen LogP contribution in [0.3, 0.4) is 0 Å². The van der Waals surface area contributed by atoms with Gasteiger partial charge in [0.2, 0.25) is 0 Å². The maximum absolute atomic E-state index is 14.0. The van der Waals surface area contributed by atoms with E-state index in [1.807, 2.05) is 6.07 Å². The van der Waals surface area contributed by atoms with Gasteiger partial charge in [-0.2, -0.15) is 0 Å². The Morgan fingerprint density at radius 3 is 2.43 bits per heavy atom. The van der Waals surface area contributed by atoms with E-state index in [2.05, 4.69) is 4.98 Å². The molecule has 0 saturated carbocycles. The summed E-state index contributed by atoms with van der Waals surface area (Å²) in [5.74, 6) is -0.476. The topological polar surface area (TPSA) is 53.5 Å². The molecule has 1 fully saturated rings. The molecule has 21 heavy (non-hydrogen) atoms. The molecule has 1 unspecified atom stereocenters. The Kier molecular flexibility index (Phi) is 3.35. The van der Waals surface area contributed by atoms with Crippen molar-refractivity contribution < 1.29 is 14.1 Å². The van der Waals surface area contributed by atoms with Gasteiger partial charge in [0, 0.05) is 12.6 Å². The van der Waals surface area contributed by atoms with Crippen LogP contribution >= 0.6 is 0 Å². The van der Waals surface area contributed by atoms with E-state index in [9.17, 15) is 14.1 Å². The van der Waals surface area contributed by atoms with E-state index < -0.39 is 18.0 Å². The first-order valence-electron chi connectivity index (χ1n) is 6.46. The van der Waals surface area contributed by atoms with E-state index in [-0.39, 0.29) is 17.4 Å². The van der Waals surface area contributed by atoms with Crippen LogP contribution in [-0.4, -0.2) is 28.1 Å². The number of halogens is 1. The van der Waals surface area contributed by atoms with Crippen molar-refractivity contribution in [3.8, 4) is 0 Å². The zero-order chi connectivity index (χ0) is 14.8. The Labute approximate surface area is 120 Å². The second-order valence-corrected chi connectivity index (χ2v) is 4.66. The fourth-order valence-corrected chi connectivity index (χ4v) is 2.27. The smallest absolute Gasteiger partial charge is 0.271 e. The molecule has 5 nitrogen and oxygen atoms in total. The Balaban J connectivity index is 1.87. The van der Waals surface area contributed by atoms with Crippen LogP contribution in [0.15, 0.2) is 54.7 Å². The number of amides is 3. The molecule has 3 amide bonds. The van der Waals surface area contributed by atoms with Crippen LogP contribution in [-0.2, 0) is 11.2 Å². The maximum atomic E-state index is 14.0. The first-order chi connectivity index (χ1) is 10.2. The average Bonchev–Trinajstić information content (AvgIpc) is 2.73. The van der Waals surface area contributed by atoms with Gasteiger partial charge >= 0.3 is 6.03 Å². The van der Waals surface area contributed by atoms with Crippen LogP contribution in [0.1, 0.15) is 5.56 Å². The fraction of sp³-hybridized carbons (Fsp3) is 0.133. The molecule has 2 heterocycles. The van der Waals surface area contributed by atoms with Crippen molar-refractivity contribution in [1.29, 1.82) is 0 Å². The van der Waals surface area contributed by atoms with Crippen LogP contribution in [0.4, 0.5) is 15.1 Å². The van der Waals surface area contributed by atoms with Crippen molar-refractivity contribution >= 4 is 17.8 Å². The Bertz CT molecular complexity index is 663. The Morgan fingerprint density at radius 1 is 1.05 bits per heavy atom. The lowest BCUT2D eigenvalue weighted by Crippen LogP contribution is -2.32. The summed E-state index contributed by atoms with van der Waals surface area (Å²) in [4.78, 5) is 28.9. The highest BCUT2D eigenvalue weighted by molar-refractivity contribution is 6.20. The highest BCUT2D eigenvalue weighted by Gasteiger charge is 2.47. The lowest BCUT2D eigenvalue weighted by atomic mass is 10.1. The summed E-state index contributed by atoms with van der Waals surface area (Å²) < 4.78 is 14.0. The Morgan fingerprint density at radius 2 is 1.76 bits per heavy atom. The van der Waals surface area contributed by atoms with Gasteiger partial charge in [-0.05, 0) is 17.7 Å². The SMILES string of the molecule is O=C1C(Cc2ccccc2)N(F)C(=O)N1c1ccccn1. The van der Waals surface area contributed by atoms with Crippen molar-refractivity contribution in [3.63, 3.8) is 0 Å². The Hall–Kier alpha value is -2.76. The highest BCUT2D eigenvalue weighted by Crippen LogP contribution is 2.25. The molecular weight excluding hydrogens is 273 g/mol. The summed E-state index contributed by atoms with van der Waals surface area (Å²) in [5.41, 5.74) is 0.786. The summed E-state index contributed by atoms with van der Waals surface area (Å²) in [6.45, 7) is 0. The number of anilines is 1. The summed E-state index contributed by atoms with van der Waals surface area (Å²) in [6, 6.07) is 11.6. The van der Waals surface area contributed by atoms with E-state index in [1.165, 1.54) is 12.3 Å². The lowest BCUT2D eigenvalue weighted by Gasteiger charge is -2.11. The third-order valence-corrected chi connectivity index (χ3v) is 3.30. The fourth-order valence-electron chi connectivity index (χ4n) is 2.27. The molecule has 0 radical (unpaired) electrons. The molecule has 3 rings (SSSR count). The first-order valence-corrected chi connectivity index (χ1v) is 6.46. The molecule has 6 heteroatoms. The molecule has 0 N–H and O–H groups in total. The minimum atomic E-state index is -1.15. The molecule has 0 bridgehead atoms. The zero-order valence-corrected chi connectivity index (χ0v) is 11.0. The molecule has 106 valence electrons. The zero-order valence-electron chi connectivity index (χ0n) is 11.0. The molecule has 1 saturated heterocycles. The third kappa shape index (κ3) is 2.35. The van der Waals surface area contributed by atoms with Crippen molar-refractivity contribution in [1.82, 2.24) is 10.1 Å². The number of hydrogen-bond acceptors (Lipinski definition) is 3. The van der Waals surface area contributed by atoms with Crippen LogP contribution in [0.25, 0.3) is 0 Å². The molecule has 1 aliphatic rings. The monoisotopic (exact) mass is 285 g/mol. The minimum Gasteiger partial charge on any atom is -0.271 e. The molecule has 0 spiro atoms. The van der Waals surface area contributed by atoms with Crippen molar-refractivity contribution in [2.75, 3.05) is 4.90 Å². The number of aromatic nitrogens is 1. The number of hydrogen-bond donors (Lipinski definition) is 0. The largest absolute Gasteiger partial charge is 0.361 e. The summed E-state index contributed by atoms with van der Waals surface area (Å²) in [6.07, 6.45) is 1.58. The molecule has 1 atom stereocenters. The van der Waals surface area contributed by atoms with Crippen LogP contribution < -0.4 is 4.90 Å². The van der Waals surface area contributed by atoms with Crippen molar-refractivity contribution in [3.05, 3.63) is 60.3 Å². The van der Waals surface area contributed by atoms with Crippen LogP contribution in [0.2, 0.25) is 0 Å². The number of nitrogens with zero attached hydrogens (tertiary/aromatic N) is 3. The normalized spacial score (nSPS) is 18.4. The number of imide groups is 1. The standard InChI is InChI=1S/C15H12FN3O2/c16-19-12(10-11-6-2-1-3-7-11)14(20)18(15(19)21)13-8-4-5-9-17-13/h1-9,12H,10H2. The predicted molar refractivity (Wildman–Crippen MR) is 74.0 cm³/mol. The van der Waals surface area contributed by atoms with Crippen molar-refractivity contribution in [2.24, 2.45) is 0 Å². The third-order valence-electron chi connectivity index (χ3n) is 3.30. The molecule has 0 aliphatic carbocycles. The number of rotatable bonds is 3. The summed E-state index contributed by atoms with van der Waals surface area (Å²) in [7, 11) is 0. The van der Waals surface area contributed by atoms with Gasteiger partial charge in [-0.3, -0.25) is 4.79 Å². The van der Waals surface area contributed by atoms with Gasteiger partial charge < -0.3 is 0 Å². The number of pyridine rings is 1. The van der Waals surface area contributed by atoms with Gasteiger partial charge in [-0.1, -0.05) is 40.9 Å². The van der Waals surface area contributed by atoms with Crippen LogP contribution in [0.5, 0.6) is 0 Å². The lowest BCUT2D eigenvalue weighted by molar-refractivity contribution is -0.122. The molecular formula is C15H12FN3O2. The molecule has 2 aromatic rings. The first kappa shape index (κ1) is 13.2. The average molecular weight is 285 g/mol. The highest BCUT2D eigenvalue weighted by atomic mass is 19.2. The molecule has 1 aromatic heterocycles. The second kappa shape index (κ2) is 5.32. The van der Waals surface area contributed by atoms with Crippen LogP contribution in [0, 0.1) is 0 Å². The van der Waals surface area contributed by atoms with E-state index in [0.29, 0.717) is 0 Å². The van der Waals surface area contributed by atoms with E-state index in [4.69, 9.17) is 0 Å². The molecule has 1 aliphatic heterocycles. The number of carbonyl (C=O) groups excluding carboxylic acids is 2. The molecule has 1 aromatic carbocycles. The van der Waals surface area contributed by atoms with Gasteiger partial charge in [0.15, 0.2) is 0 Å². The van der Waals surface area contributed by atoms with Gasteiger partial charge in [-0.15, -0.1) is 5.12 Å². The second-order valence-electron chi connectivity index (χ2n) is 4.66. The van der Waals surface area contributed by atoms with Gasteiger partial charge in [-0.25, -0.2) is 14.7 Å². The van der Waals surface area contributed by atoms with Gasteiger partial charge in [0.25, 0.3) is 5.91 Å². The predicted octanol–water partition coefficient (Wildman–Crippen LogP) is 2.35. The van der Waals surface area contributed by atoms with Crippen molar-refractivity contribution in [2.45, 2.75) is 12.5 Å². The van der Waals surface area contributed by atoms with E-state index in [0.717, 1.165) is 10.5 Å². The minimum absolute atomic E-state index is 0.0238.